The molecule has 0 atom stereocenters. The van der Waals surface area contributed by atoms with Gasteiger partial charge >= 0.3 is 0 Å². The summed E-state index contributed by atoms with van der Waals surface area (Å²) in [6.07, 6.45) is 7.85. The lowest BCUT2D eigenvalue weighted by Gasteiger charge is -2.13. The van der Waals surface area contributed by atoms with Crippen LogP contribution in [0.2, 0.25) is 0 Å². The van der Waals surface area contributed by atoms with Crippen LogP contribution < -0.4 is 10.9 Å². The fourth-order valence-electron chi connectivity index (χ4n) is 3.45. The summed E-state index contributed by atoms with van der Waals surface area (Å²) in [6, 6.07) is 19.6. The number of nitrogens with one attached hydrogen (secondary N) is 2. The third-order valence-electron chi connectivity index (χ3n) is 4.91. The Labute approximate surface area is 159 Å². The number of nitrogens with zero attached hydrogens (tertiary/aromatic N) is 1. The van der Waals surface area contributed by atoms with Crippen LogP contribution >= 0.6 is 0 Å². The number of rotatable bonds is 4. The molecule has 1 aliphatic rings. The number of carbonyl (C=O) groups excluding carboxylic acids is 1. The molecule has 1 aliphatic carbocycles. The van der Waals surface area contributed by atoms with E-state index in [2.05, 4.69) is 16.9 Å². The standard InChI is InChI=1S/C23H23N3O/c27-23(26-25-18-12-6-1-2-7-13-18)20-16-22(17-10-4-3-5-11-17)24-21-15-9-8-14-19(20)21/h3-5,8-12,14-16,25H,1-2,6-7,13H2,(H,26,27). The molecule has 0 saturated heterocycles. The molecule has 1 aromatic heterocycles. The summed E-state index contributed by atoms with van der Waals surface area (Å²) in [7, 11) is 0. The lowest BCUT2D eigenvalue weighted by molar-refractivity contribution is 0.0940. The molecule has 3 aromatic rings. The van der Waals surface area contributed by atoms with Gasteiger partial charge in [0.25, 0.3) is 5.91 Å². The molecule has 136 valence electrons. The van der Waals surface area contributed by atoms with Crippen LogP contribution in [0.3, 0.4) is 0 Å². The largest absolute Gasteiger partial charge is 0.303 e. The van der Waals surface area contributed by atoms with Gasteiger partial charge in [-0.1, -0.05) is 61.0 Å². The van der Waals surface area contributed by atoms with E-state index in [-0.39, 0.29) is 5.91 Å². The van der Waals surface area contributed by atoms with Gasteiger partial charge in [-0.05, 0) is 37.8 Å². The average Bonchev–Trinajstić information content (AvgIpc) is 3.01. The van der Waals surface area contributed by atoms with Crippen LogP contribution in [0.1, 0.15) is 42.5 Å². The quantitative estimate of drug-likeness (QED) is 0.647. The van der Waals surface area contributed by atoms with E-state index in [1.807, 2.05) is 60.7 Å². The van der Waals surface area contributed by atoms with E-state index in [1.165, 1.54) is 12.8 Å². The number of hydrogen-bond donors (Lipinski definition) is 2. The van der Waals surface area contributed by atoms with E-state index < -0.39 is 0 Å². The van der Waals surface area contributed by atoms with E-state index in [9.17, 15) is 4.79 Å². The van der Waals surface area contributed by atoms with Gasteiger partial charge in [-0.25, -0.2) is 4.98 Å². The number of amides is 1. The number of hydrogen-bond acceptors (Lipinski definition) is 3. The number of para-hydroxylation sites is 1. The maximum Gasteiger partial charge on any atom is 0.270 e. The summed E-state index contributed by atoms with van der Waals surface area (Å²) in [6.45, 7) is 0. The Hall–Kier alpha value is -3.14. The zero-order valence-electron chi connectivity index (χ0n) is 15.2. The second-order valence-corrected chi connectivity index (χ2v) is 6.85. The van der Waals surface area contributed by atoms with E-state index in [0.29, 0.717) is 5.56 Å². The Morgan fingerprint density at radius 1 is 0.926 bits per heavy atom. The third kappa shape index (κ3) is 4.00. The first kappa shape index (κ1) is 17.3. The maximum absolute atomic E-state index is 12.9. The molecule has 4 nitrogen and oxygen atoms in total. The lowest BCUT2D eigenvalue weighted by Crippen LogP contribution is -2.36. The first-order valence-corrected chi connectivity index (χ1v) is 9.52. The second kappa shape index (κ2) is 8.04. The number of benzene rings is 2. The molecule has 2 N–H and O–H groups in total. The van der Waals surface area contributed by atoms with Gasteiger partial charge in [0.05, 0.1) is 16.8 Å². The van der Waals surface area contributed by atoms with Crippen molar-refractivity contribution in [1.29, 1.82) is 0 Å². The molecule has 1 amide bonds. The fraction of sp³-hybridized carbons (Fsp3) is 0.217. The van der Waals surface area contributed by atoms with E-state index in [1.54, 1.807) is 0 Å². The molecule has 27 heavy (non-hydrogen) atoms. The monoisotopic (exact) mass is 357 g/mol. The topological polar surface area (TPSA) is 54.0 Å². The van der Waals surface area contributed by atoms with Crippen molar-refractivity contribution in [2.75, 3.05) is 0 Å². The molecule has 0 unspecified atom stereocenters. The minimum Gasteiger partial charge on any atom is -0.303 e. The molecule has 0 saturated carbocycles. The predicted octanol–water partition coefficient (Wildman–Crippen LogP) is 4.98. The van der Waals surface area contributed by atoms with E-state index in [0.717, 1.165) is 47.1 Å². The van der Waals surface area contributed by atoms with Crippen molar-refractivity contribution in [3.8, 4) is 11.3 Å². The van der Waals surface area contributed by atoms with Gasteiger partial charge < -0.3 is 5.43 Å². The summed E-state index contributed by atoms with van der Waals surface area (Å²) >= 11 is 0. The van der Waals surface area contributed by atoms with Crippen LogP contribution in [0, 0.1) is 0 Å². The Morgan fingerprint density at radius 3 is 2.63 bits per heavy atom. The van der Waals surface area contributed by atoms with Crippen LogP contribution in [-0.4, -0.2) is 10.9 Å². The third-order valence-corrected chi connectivity index (χ3v) is 4.91. The molecular weight excluding hydrogens is 334 g/mol. The minimum atomic E-state index is -0.143. The lowest BCUT2D eigenvalue weighted by atomic mass is 10.0. The molecule has 2 aromatic carbocycles. The molecule has 0 radical (unpaired) electrons. The van der Waals surface area contributed by atoms with Crippen LogP contribution in [0.15, 0.2) is 72.4 Å². The van der Waals surface area contributed by atoms with E-state index in [4.69, 9.17) is 4.98 Å². The van der Waals surface area contributed by atoms with Crippen molar-refractivity contribution in [2.45, 2.75) is 32.1 Å². The van der Waals surface area contributed by atoms with Crippen molar-refractivity contribution < 1.29 is 4.79 Å². The molecule has 4 heteroatoms. The van der Waals surface area contributed by atoms with Gasteiger partial charge in [0.2, 0.25) is 0 Å². The molecule has 0 fully saturated rings. The highest BCUT2D eigenvalue weighted by atomic mass is 16.2. The van der Waals surface area contributed by atoms with Crippen LogP contribution in [0.25, 0.3) is 22.2 Å². The summed E-state index contributed by atoms with van der Waals surface area (Å²) in [5.41, 5.74) is 10.3. The summed E-state index contributed by atoms with van der Waals surface area (Å²) in [4.78, 5) is 17.7. The van der Waals surface area contributed by atoms with Crippen LogP contribution in [0.5, 0.6) is 0 Å². The fourth-order valence-corrected chi connectivity index (χ4v) is 3.45. The molecule has 0 aliphatic heterocycles. The average molecular weight is 357 g/mol. The molecule has 0 spiro atoms. The van der Waals surface area contributed by atoms with E-state index >= 15 is 0 Å². The molecule has 0 bridgehead atoms. The summed E-state index contributed by atoms with van der Waals surface area (Å²) in [5.74, 6) is -0.143. The number of fused-ring (bicyclic) bond motifs is 1. The van der Waals surface area contributed by atoms with Crippen LogP contribution in [0.4, 0.5) is 0 Å². The Kier molecular flexibility index (Phi) is 5.15. The molecule has 4 rings (SSSR count). The normalized spacial score (nSPS) is 14.3. The molecular formula is C23H23N3O. The summed E-state index contributed by atoms with van der Waals surface area (Å²) < 4.78 is 0. The number of carbonyl (C=O) groups is 1. The highest BCUT2D eigenvalue weighted by Crippen LogP contribution is 2.24. The number of pyridine rings is 1. The zero-order chi connectivity index (χ0) is 18.5. The maximum atomic E-state index is 12.9. The second-order valence-electron chi connectivity index (χ2n) is 6.85. The van der Waals surface area contributed by atoms with Crippen molar-refractivity contribution in [3.05, 3.63) is 78.0 Å². The smallest absolute Gasteiger partial charge is 0.270 e. The number of hydrazine groups is 1. The number of aromatic nitrogens is 1. The zero-order valence-corrected chi connectivity index (χ0v) is 15.2. The highest BCUT2D eigenvalue weighted by Gasteiger charge is 2.14. The van der Waals surface area contributed by atoms with Gasteiger partial charge in [0.15, 0.2) is 0 Å². The van der Waals surface area contributed by atoms with Crippen molar-refractivity contribution in [2.24, 2.45) is 0 Å². The minimum absolute atomic E-state index is 0.143. The Balaban J connectivity index is 1.65. The van der Waals surface area contributed by atoms with Gasteiger partial charge in [-0.15, -0.1) is 0 Å². The van der Waals surface area contributed by atoms with Crippen molar-refractivity contribution in [1.82, 2.24) is 15.8 Å². The van der Waals surface area contributed by atoms with Gasteiger partial charge in [0.1, 0.15) is 0 Å². The summed E-state index contributed by atoms with van der Waals surface area (Å²) in [5, 5.41) is 0.853. The predicted molar refractivity (Wildman–Crippen MR) is 109 cm³/mol. The highest BCUT2D eigenvalue weighted by molar-refractivity contribution is 6.07. The Morgan fingerprint density at radius 2 is 1.74 bits per heavy atom. The van der Waals surface area contributed by atoms with Gasteiger partial charge in [0, 0.05) is 16.6 Å². The first-order chi connectivity index (χ1) is 13.3. The molecule has 1 heterocycles. The van der Waals surface area contributed by atoms with Gasteiger partial charge in [-0.2, -0.15) is 0 Å². The SMILES string of the molecule is O=C(NNC1=CCCCCC1)c1cc(-c2ccccc2)nc2ccccc12. The van der Waals surface area contributed by atoms with Crippen molar-refractivity contribution in [3.63, 3.8) is 0 Å². The van der Waals surface area contributed by atoms with Crippen LogP contribution in [-0.2, 0) is 0 Å². The first-order valence-electron chi connectivity index (χ1n) is 9.52. The number of allylic oxidation sites excluding steroid dienone is 2. The Bertz CT molecular complexity index is 979. The van der Waals surface area contributed by atoms with Gasteiger partial charge in [-0.3, -0.25) is 10.2 Å². The van der Waals surface area contributed by atoms with Crippen molar-refractivity contribution >= 4 is 16.8 Å².